The maximum Gasteiger partial charge on any atom is 0.522 e. The van der Waals surface area contributed by atoms with Gasteiger partial charge in [0.2, 0.25) is 0 Å². The van der Waals surface area contributed by atoms with Crippen LogP contribution in [0, 0.1) is 19.3 Å². The van der Waals surface area contributed by atoms with Gasteiger partial charge in [0, 0.05) is 29.5 Å². The number of ether oxygens (including phenoxy) is 1. The molecule has 0 amide bonds. The summed E-state index contributed by atoms with van der Waals surface area (Å²) in [7, 11) is 1.84. The smallest absolute Gasteiger partial charge is 0.480 e. The highest BCUT2D eigenvalue weighted by Crippen LogP contribution is 2.41. The Bertz CT molecular complexity index is 1280. The van der Waals surface area contributed by atoms with E-state index in [1.807, 2.05) is 37.1 Å². The molecule has 0 spiro atoms. The molecule has 0 radical (unpaired) electrons. The van der Waals surface area contributed by atoms with Crippen LogP contribution in [0.15, 0.2) is 30.6 Å². The summed E-state index contributed by atoms with van der Waals surface area (Å²) in [4.78, 5) is 21.6. The number of hydrogen-bond donors (Lipinski definition) is 1. The number of carboxylic acid groups (broad SMARTS) is 1. The third kappa shape index (κ3) is 9.18. The number of hydrogen-bond acceptors (Lipinski definition) is 5. The van der Waals surface area contributed by atoms with E-state index in [2.05, 4.69) is 35.4 Å². The minimum absolute atomic E-state index is 0.0529. The van der Waals surface area contributed by atoms with Crippen LogP contribution in [0.1, 0.15) is 104 Å². The molecule has 2 heterocycles. The van der Waals surface area contributed by atoms with Gasteiger partial charge in [0.1, 0.15) is 6.04 Å². The number of carbonyl (C=O) groups is 1. The van der Waals surface area contributed by atoms with Gasteiger partial charge in [0.15, 0.2) is 0 Å². The summed E-state index contributed by atoms with van der Waals surface area (Å²) in [6, 6.07) is 5.07. The molecule has 6 nitrogen and oxygen atoms in total. The second kappa shape index (κ2) is 14.5. The van der Waals surface area contributed by atoms with Gasteiger partial charge in [0.25, 0.3) is 0 Å². The van der Waals surface area contributed by atoms with E-state index in [0.29, 0.717) is 35.4 Å². The van der Waals surface area contributed by atoms with E-state index in [1.165, 1.54) is 17.5 Å². The maximum atomic E-state index is 12.8. The van der Waals surface area contributed by atoms with Crippen LogP contribution < -0.4 is 0 Å². The Kier molecular flexibility index (Phi) is 11.4. The van der Waals surface area contributed by atoms with Crippen molar-refractivity contribution in [1.29, 1.82) is 0 Å². The molecular formula is C34H47ClF3N3O3. The molecule has 2 atom stereocenters. The Morgan fingerprint density at radius 1 is 1.14 bits per heavy atom. The molecule has 1 aliphatic heterocycles. The molecule has 10 heteroatoms. The van der Waals surface area contributed by atoms with E-state index in [4.69, 9.17) is 11.6 Å². The van der Waals surface area contributed by atoms with Crippen LogP contribution in [0.5, 0.6) is 0 Å². The summed E-state index contributed by atoms with van der Waals surface area (Å²) in [5.74, 6) is -0.818. The molecule has 1 aromatic carbocycles. The molecule has 1 aromatic heterocycles. The van der Waals surface area contributed by atoms with Crippen molar-refractivity contribution in [2.24, 2.45) is 5.41 Å². The second-order valence-corrected chi connectivity index (χ2v) is 14.1. The first-order valence-corrected chi connectivity index (χ1v) is 16.1. The molecule has 1 aliphatic carbocycles. The Morgan fingerprint density at radius 3 is 2.45 bits per heavy atom. The standard InChI is InChI=1S/C34H47ClF3N3O3/c1-22-6-9-26(35)18-28(22)24(13-16-41-17-14-33(3,4)21-41)12-15-40(5)31(32(42)43)29-20-39-19-23(2)30(29)25-7-10-27(11-8-25)44-34(36,37)38/h6,9,18-20,24-25,27,31H,7-8,10-17,21H2,1-5H3,(H,42,43)/t24-,25?,27?,31+/m1/s1. The molecule has 1 N–H and O–H groups in total. The van der Waals surface area contributed by atoms with E-state index in [1.54, 1.807) is 12.4 Å². The SMILES string of the molecule is Cc1ccc(Cl)cc1[C@@H](CCN1CCC(C)(C)C1)CCN(C)[C@H](C(=O)O)c1cncc(C)c1C1CCC(OC(F)(F)F)CC1. The van der Waals surface area contributed by atoms with Crippen molar-refractivity contribution in [2.75, 3.05) is 33.2 Å². The number of carboxylic acids is 1. The van der Waals surface area contributed by atoms with Gasteiger partial charge >= 0.3 is 12.3 Å². The van der Waals surface area contributed by atoms with Crippen LogP contribution in [-0.2, 0) is 9.53 Å². The zero-order valence-electron chi connectivity index (χ0n) is 26.6. The number of alkyl halides is 3. The Hall–Kier alpha value is -2.20. The van der Waals surface area contributed by atoms with Gasteiger partial charge < -0.3 is 10.0 Å². The summed E-state index contributed by atoms with van der Waals surface area (Å²) in [5, 5.41) is 11.2. The summed E-state index contributed by atoms with van der Waals surface area (Å²) in [5.41, 5.74) is 5.07. The quantitative estimate of drug-likeness (QED) is 0.253. The molecule has 1 saturated carbocycles. The number of aryl methyl sites for hydroxylation is 2. The summed E-state index contributed by atoms with van der Waals surface area (Å²) < 4.78 is 42.7. The van der Waals surface area contributed by atoms with Crippen molar-refractivity contribution in [3.05, 3.63) is 63.4 Å². The molecule has 0 bridgehead atoms. The number of halogens is 4. The van der Waals surface area contributed by atoms with Gasteiger partial charge in [-0.15, -0.1) is 13.2 Å². The van der Waals surface area contributed by atoms with E-state index >= 15 is 0 Å². The monoisotopic (exact) mass is 637 g/mol. The van der Waals surface area contributed by atoms with Crippen LogP contribution in [-0.4, -0.2) is 71.6 Å². The number of pyridine rings is 1. The fourth-order valence-corrected chi connectivity index (χ4v) is 7.52. The molecule has 44 heavy (non-hydrogen) atoms. The van der Waals surface area contributed by atoms with Crippen LogP contribution in [0.4, 0.5) is 13.2 Å². The van der Waals surface area contributed by atoms with E-state index in [-0.39, 0.29) is 24.7 Å². The Morgan fingerprint density at radius 2 is 1.84 bits per heavy atom. The predicted octanol–water partition coefficient (Wildman–Crippen LogP) is 8.27. The molecule has 2 aromatic rings. The predicted molar refractivity (Wildman–Crippen MR) is 167 cm³/mol. The van der Waals surface area contributed by atoms with Gasteiger partial charge in [-0.1, -0.05) is 31.5 Å². The summed E-state index contributed by atoms with van der Waals surface area (Å²) in [6.45, 7) is 12.3. The first kappa shape index (κ1) is 34.7. The lowest BCUT2D eigenvalue weighted by Gasteiger charge is -2.34. The van der Waals surface area contributed by atoms with Crippen molar-refractivity contribution in [3.8, 4) is 0 Å². The Balaban J connectivity index is 1.52. The summed E-state index contributed by atoms with van der Waals surface area (Å²) >= 11 is 6.44. The highest BCUT2D eigenvalue weighted by atomic mass is 35.5. The number of nitrogens with zero attached hydrogens (tertiary/aromatic N) is 3. The third-order valence-electron chi connectivity index (χ3n) is 9.63. The van der Waals surface area contributed by atoms with Gasteiger partial charge in [-0.25, -0.2) is 0 Å². The van der Waals surface area contributed by atoms with Gasteiger partial charge in [-0.05, 0) is 137 Å². The minimum atomic E-state index is -4.65. The molecule has 2 aliphatic rings. The van der Waals surface area contributed by atoms with Gasteiger partial charge in [-0.3, -0.25) is 19.4 Å². The van der Waals surface area contributed by atoms with Crippen molar-refractivity contribution in [1.82, 2.24) is 14.8 Å². The van der Waals surface area contributed by atoms with Crippen molar-refractivity contribution < 1.29 is 27.8 Å². The zero-order valence-corrected chi connectivity index (χ0v) is 27.3. The summed E-state index contributed by atoms with van der Waals surface area (Å²) in [6.07, 6.45) is 2.25. The number of benzene rings is 1. The molecular weight excluding hydrogens is 591 g/mol. The lowest BCUT2D eigenvalue weighted by Crippen LogP contribution is -2.34. The van der Waals surface area contributed by atoms with Crippen LogP contribution in [0.25, 0.3) is 0 Å². The molecule has 4 rings (SSSR count). The largest absolute Gasteiger partial charge is 0.522 e. The number of likely N-dealkylation sites (tertiary alicyclic amines) is 1. The molecule has 2 fully saturated rings. The average molecular weight is 638 g/mol. The molecule has 0 unspecified atom stereocenters. The van der Waals surface area contributed by atoms with Gasteiger partial charge in [-0.2, -0.15) is 0 Å². The van der Waals surface area contributed by atoms with E-state index in [9.17, 15) is 23.1 Å². The Labute approximate surface area is 264 Å². The first-order chi connectivity index (χ1) is 20.6. The third-order valence-corrected chi connectivity index (χ3v) is 9.87. The highest BCUT2D eigenvalue weighted by molar-refractivity contribution is 6.30. The highest BCUT2D eigenvalue weighted by Gasteiger charge is 2.37. The lowest BCUT2D eigenvalue weighted by molar-refractivity contribution is -0.345. The van der Waals surface area contributed by atoms with Crippen LogP contribution in [0.3, 0.4) is 0 Å². The topological polar surface area (TPSA) is 65.9 Å². The average Bonchev–Trinajstić information content (AvgIpc) is 3.28. The van der Waals surface area contributed by atoms with Crippen LogP contribution >= 0.6 is 11.6 Å². The van der Waals surface area contributed by atoms with Crippen LogP contribution in [0.2, 0.25) is 5.02 Å². The van der Waals surface area contributed by atoms with Crippen molar-refractivity contribution in [3.63, 3.8) is 0 Å². The first-order valence-electron chi connectivity index (χ1n) is 15.7. The maximum absolute atomic E-state index is 12.8. The normalized spacial score (nSPS) is 22.3. The fourth-order valence-electron chi connectivity index (χ4n) is 7.34. The number of aliphatic carboxylic acids is 1. The van der Waals surface area contributed by atoms with Gasteiger partial charge in [0.05, 0.1) is 6.10 Å². The van der Waals surface area contributed by atoms with E-state index in [0.717, 1.165) is 43.6 Å². The molecule has 244 valence electrons. The second-order valence-electron chi connectivity index (χ2n) is 13.7. The van der Waals surface area contributed by atoms with E-state index < -0.39 is 24.5 Å². The van der Waals surface area contributed by atoms with Crippen molar-refractivity contribution in [2.45, 2.75) is 103 Å². The zero-order chi connectivity index (χ0) is 32.2. The number of rotatable bonds is 12. The number of likely N-dealkylation sites (N-methyl/N-ethyl adjacent to an activating group) is 1. The lowest BCUT2D eigenvalue weighted by atomic mass is 9.78. The number of aromatic nitrogens is 1. The fraction of sp³-hybridized carbons (Fsp3) is 0.647. The minimum Gasteiger partial charge on any atom is -0.480 e. The van der Waals surface area contributed by atoms with Crippen molar-refractivity contribution >= 4 is 17.6 Å². The molecule has 1 saturated heterocycles.